The maximum atomic E-state index is 12.3. The van der Waals surface area contributed by atoms with Crippen LogP contribution >= 0.6 is 0 Å². The molecule has 0 aromatic carbocycles. The van der Waals surface area contributed by atoms with Gasteiger partial charge in [-0.1, -0.05) is 20.8 Å². The zero-order valence-corrected chi connectivity index (χ0v) is 11.0. The summed E-state index contributed by atoms with van der Waals surface area (Å²) >= 11 is 0. The smallest absolute Gasteiger partial charge is 0.243 e. The standard InChI is InChI=1S/C13H24N2O/c1-5-13(4)11(16)15(9-14-13)10-6-7-12(2,3)8-10/h10,14H,5-9H2,1-4H3. The summed E-state index contributed by atoms with van der Waals surface area (Å²) in [5.74, 6) is 0.303. The van der Waals surface area contributed by atoms with Gasteiger partial charge in [0.25, 0.3) is 0 Å². The highest BCUT2D eigenvalue weighted by Crippen LogP contribution is 2.40. The Labute approximate surface area is 98.6 Å². The number of carbonyl (C=O) groups is 1. The lowest BCUT2D eigenvalue weighted by molar-refractivity contribution is -0.133. The molecule has 2 unspecified atom stereocenters. The van der Waals surface area contributed by atoms with Crippen LogP contribution in [0.5, 0.6) is 0 Å². The number of hydrogen-bond donors (Lipinski definition) is 1. The second-order valence-corrected chi connectivity index (χ2v) is 6.36. The van der Waals surface area contributed by atoms with E-state index in [0.717, 1.165) is 19.5 Å². The highest BCUT2D eigenvalue weighted by molar-refractivity contribution is 5.88. The Hall–Kier alpha value is -0.570. The molecule has 2 aliphatic rings. The molecule has 1 saturated carbocycles. The third-order valence-electron chi connectivity index (χ3n) is 4.46. The van der Waals surface area contributed by atoms with E-state index in [1.807, 2.05) is 6.92 Å². The molecular weight excluding hydrogens is 200 g/mol. The van der Waals surface area contributed by atoms with Gasteiger partial charge in [-0.25, -0.2) is 0 Å². The Kier molecular flexibility index (Phi) is 2.77. The van der Waals surface area contributed by atoms with Gasteiger partial charge in [0.05, 0.1) is 12.2 Å². The molecule has 0 aromatic heterocycles. The molecule has 1 N–H and O–H groups in total. The van der Waals surface area contributed by atoms with Gasteiger partial charge < -0.3 is 4.90 Å². The van der Waals surface area contributed by atoms with E-state index in [0.29, 0.717) is 17.4 Å². The number of carbonyl (C=O) groups excluding carboxylic acids is 1. The first-order valence-electron chi connectivity index (χ1n) is 6.44. The Bertz CT molecular complexity index is 300. The van der Waals surface area contributed by atoms with Gasteiger partial charge >= 0.3 is 0 Å². The van der Waals surface area contributed by atoms with Crippen LogP contribution in [-0.4, -0.2) is 29.1 Å². The van der Waals surface area contributed by atoms with Crippen LogP contribution in [0.2, 0.25) is 0 Å². The van der Waals surface area contributed by atoms with Crippen LogP contribution in [0.15, 0.2) is 0 Å². The van der Waals surface area contributed by atoms with E-state index < -0.39 is 0 Å². The number of hydrogen-bond acceptors (Lipinski definition) is 2. The molecule has 0 aromatic rings. The van der Waals surface area contributed by atoms with Gasteiger partial charge in [-0.05, 0) is 38.0 Å². The van der Waals surface area contributed by atoms with Gasteiger partial charge in [-0.2, -0.15) is 0 Å². The molecule has 1 amide bonds. The minimum atomic E-state index is -0.313. The fourth-order valence-electron chi connectivity index (χ4n) is 2.96. The fourth-order valence-corrected chi connectivity index (χ4v) is 2.96. The van der Waals surface area contributed by atoms with Crippen LogP contribution in [0.1, 0.15) is 53.4 Å². The van der Waals surface area contributed by atoms with Gasteiger partial charge in [0.15, 0.2) is 0 Å². The van der Waals surface area contributed by atoms with Gasteiger partial charge in [-0.15, -0.1) is 0 Å². The van der Waals surface area contributed by atoms with Crippen molar-refractivity contribution >= 4 is 5.91 Å². The van der Waals surface area contributed by atoms with Gasteiger partial charge in [0, 0.05) is 6.04 Å². The molecule has 2 rings (SSSR count). The largest absolute Gasteiger partial charge is 0.325 e. The number of rotatable bonds is 2. The van der Waals surface area contributed by atoms with Crippen molar-refractivity contribution in [2.24, 2.45) is 5.41 Å². The minimum Gasteiger partial charge on any atom is -0.325 e. The van der Waals surface area contributed by atoms with E-state index in [1.54, 1.807) is 0 Å². The normalized spacial score (nSPS) is 38.4. The summed E-state index contributed by atoms with van der Waals surface area (Å²) in [4.78, 5) is 14.4. The van der Waals surface area contributed by atoms with Crippen molar-refractivity contribution in [1.29, 1.82) is 0 Å². The second kappa shape index (κ2) is 3.73. The molecule has 92 valence electrons. The Morgan fingerprint density at radius 2 is 2.12 bits per heavy atom. The maximum absolute atomic E-state index is 12.3. The van der Waals surface area contributed by atoms with Crippen molar-refractivity contribution in [3.63, 3.8) is 0 Å². The molecule has 16 heavy (non-hydrogen) atoms. The SMILES string of the molecule is CCC1(C)NCN(C2CCC(C)(C)C2)C1=O. The molecule has 2 fully saturated rings. The van der Waals surface area contributed by atoms with E-state index in [-0.39, 0.29) is 5.54 Å². The first-order chi connectivity index (χ1) is 7.38. The van der Waals surface area contributed by atoms with E-state index in [9.17, 15) is 4.79 Å². The van der Waals surface area contributed by atoms with Crippen LogP contribution in [0.4, 0.5) is 0 Å². The van der Waals surface area contributed by atoms with Crippen LogP contribution in [-0.2, 0) is 4.79 Å². The summed E-state index contributed by atoms with van der Waals surface area (Å²) in [7, 11) is 0. The molecule has 2 atom stereocenters. The summed E-state index contributed by atoms with van der Waals surface area (Å²) < 4.78 is 0. The molecular formula is C13H24N2O. The molecule has 0 radical (unpaired) electrons. The summed E-state index contributed by atoms with van der Waals surface area (Å²) in [6.45, 7) is 9.45. The van der Waals surface area contributed by atoms with Crippen molar-refractivity contribution < 1.29 is 4.79 Å². The van der Waals surface area contributed by atoms with Crippen LogP contribution in [0.25, 0.3) is 0 Å². The van der Waals surface area contributed by atoms with Crippen LogP contribution < -0.4 is 5.32 Å². The summed E-state index contributed by atoms with van der Waals surface area (Å²) in [6.07, 6.45) is 4.43. The third-order valence-corrected chi connectivity index (χ3v) is 4.46. The zero-order chi connectivity index (χ0) is 12.0. The van der Waals surface area contributed by atoms with Crippen LogP contribution in [0, 0.1) is 5.41 Å². The molecule has 1 aliphatic heterocycles. The lowest BCUT2D eigenvalue weighted by atomic mass is 9.91. The Balaban J connectivity index is 2.06. The van der Waals surface area contributed by atoms with Crippen molar-refractivity contribution in [2.45, 2.75) is 65.0 Å². The third kappa shape index (κ3) is 1.86. The molecule has 0 bridgehead atoms. The molecule has 1 saturated heterocycles. The van der Waals surface area contributed by atoms with E-state index in [1.165, 1.54) is 12.8 Å². The maximum Gasteiger partial charge on any atom is 0.243 e. The number of nitrogens with one attached hydrogen (secondary N) is 1. The molecule has 1 aliphatic carbocycles. The topological polar surface area (TPSA) is 32.3 Å². The monoisotopic (exact) mass is 224 g/mol. The average Bonchev–Trinajstić information content (AvgIpc) is 2.71. The predicted molar refractivity (Wildman–Crippen MR) is 65.0 cm³/mol. The Morgan fingerprint density at radius 1 is 1.44 bits per heavy atom. The molecule has 3 nitrogen and oxygen atoms in total. The summed E-state index contributed by atoms with van der Waals surface area (Å²) in [6, 6.07) is 0.461. The highest BCUT2D eigenvalue weighted by atomic mass is 16.2. The number of nitrogens with zero attached hydrogens (tertiary/aromatic N) is 1. The Morgan fingerprint density at radius 3 is 2.56 bits per heavy atom. The molecule has 3 heteroatoms. The lowest BCUT2D eigenvalue weighted by Gasteiger charge is -2.27. The average molecular weight is 224 g/mol. The van der Waals surface area contributed by atoms with Crippen molar-refractivity contribution in [2.75, 3.05) is 6.67 Å². The molecule has 1 heterocycles. The summed E-state index contributed by atoms with van der Waals surface area (Å²) in [5.41, 5.74) is 0.100. The minimum absolute atomic E-state index is 0.303. The van der Waals surface area contributed by atoms with Crippen LogP contribution in [0.3, 0.4) is 0 Å². The second-order valence-electron chi connectivity index (χ2n) is 6.36. The first-order valence-corrected chi connectivity index (χ1v) is 6.44. The van der Waals surface area contributed by atoms with E-state index in [2.05, 4.69) is 31.0 Å². The van der Waals surface area contributed by atoms with E-state index in [4.69, 9.17) is 0 Å². The fraction of sp³-hybridized carbons (Fsp3) is 0.923. The predicted octanol–water partition coefficient (Wildman–Crippen LogP) is 2.12. The van der Waals surface area contributed by atoms with Gasteiger partial charge in [0.2, 0.25) is 5.91 Å². The molecule has 0 spiro atoms. The van der Waals surface area contributed by atoms with E-state index >= 15 is 0 Å². The number of amides is 1. The zero-order valence-electron chi connectivity index (χ0n) is 11.0. The van der Waals surface area contributed by atoms with Gasteiger partial charge in [-0.3, -0.25) is 10.1 Å². The lowest BCUT2D eigenvalue weighted by Crippen LogP contribution is -2.44. The highest BCUT2D eigenvalue weighted by Gasteiger charge is 2.46. The van der Waals surface area contributed by atoms with Crippen molar-refractivity contribution in [3.8, 4) is 0 Å². The quantitative estimate of drug-likeness (QED) is 0.779. The van der Waals surface area contributed by atoms with Gasteiger partial charge in [0.1, 0.15) is 0 Å². The van der Waals surface area contributed by atoms with Crippen molar-refractivity contribution in [1.82, 2.24) is 10.2 Å². The summed E-state index contributed by atoms with van der Waals surface area (Å²) in [5, 5.41) is 3.36. The van der Waals surface area contributed by atoms with Crippen molar-refractivity contribution in [3.05, 3.63) is 0 Å². The first kappa shape index (κ1) is 11.9.